The van der Waals surface area contributed by atoms with Crippen molar-refractivity contribution in [1.82, 2.24) is 14.1 Å². The highest BCUT2D eigenvalue weighted by molar-refractivity contribution is 5.86. The van der Waals surface area contributed by atoms with E-state index in [9.17, 15) is 9.59 Å². The number of aryl methyl sites for hydroxylation is 1. The Hall–Kier alpha value is -2.37. The van der Waals surface area contributed by atoms with E-state index in [4.69, 9.17) is 5.11 Å². The molecule has 0 fully saturated rings. The second kappa shape index (κ2) is 5.51. The average Bonchev–Trinajstić information content (AvgIpc) is 2.73. The van der Waals surface area contributed by atoms with Crippen molar-refractivity contribution < 1.29 is 9.90 Å². The van der Waals surface area contributed by atoms with Crippen LogP contribution in [-0.2, 0) is 13.1 Å². The standard InChI is InChI=1S/C13H15N3O3/c1-2-6-15-7-8-16(13(15)19)9-10-4-3-5-14-11(10)12(17)18/h3-5,7-8H,2,6,9H2,1H3,(H,17,18). The second-order valence-electron chi connectivity index (χ2n) is 4.22. The molecule has 0 saturated carbocycles. The summed E-state index contributed by atoms with van der Waals surface area (Å²) >= 11 is 0. The van der Waals surface area contributed by atoms with Crippen LogP contribution < -0.4 is 5.69 Å². The van der Waals surface area contributed by atoms with Crippen molar-refractivity contribution >= 4 is 5.97 Å². The Balaban J connectivity index is 2.32. The predicted octanol–water partition coefficient (Wildman–Crippen LogP) is 1.20. The molecule has 2 aromatic rings. The molecule has 100 valence electrons. The fourth-order valence-electron chi connectivity index (χ4n) is 1.93. The minimum atomic E-state index is -1.09. The van der Waals surface area contributed by atoms with E-state index in [2.05, 4.69) is 4.98 Å². The molecule has 1 N–H and O–H groups in total. The third-order valence-corrected chi connectivity index (χ3v) is 2.82. The zero-order valence-corrected chi connectivity index (χ0v) is 10.6. The Morgan fingerprint density at radius 3 is 2.79 bits per heavy atom. The molecule has 0 aliphatic rings. The van der Waals surface area contributed by atoms with Crippen molar-refractivity contribution in [2.24, 2.45) is 0 Å². The number of hydrogen-bond donors (Lipinski definition) is 1. The molecule has 0 amide bonds. The summed E-state index contributed by atoms with van der Waals surface area (Å²) in [5.74, 6) is -1.09. The smallest absolute Gasteiger partial charge is 0.354 e. The van der Waals surface area contributed by atoms with Crippen LogP contribution in [0.5, 0.6) is 0 Å². The topological polar surface area (TPSA) is 77.1 Å². The van der Waals surface area contributed by atoms with E-state index in [0.717, 1.165) is 6.42 Å². The van der Waals surface area contributed by atoms with Crippen LogP contribution in [0.3, 0.4) is 0 Å². The lowest BCUT2D eigenvalue weighted by molar-refractivity contribution is 0.0689. The molecule has 2 aromatic heterocycles. The van der Waals surface area contributed by atoms with Crippen LogP contribution >= 0.6 is 0 Å². The molecular weight excluding hydrogens is 246 g/mol. The zero-order valence-electron chi connectivity index (χ0n) is 10.6. The van der Waals surface area contributed by atoms with Crippen LogP contribution in [-0.4, -0.2) is 25.2 Å². The first-order chi connectivity index (χ1) is 9.13. The number of carbonyl (C=O) groups is 1. The highest BCUT2D eigenvalue weighted by Gasteiger charge is 2.12. The number of rotatable bonds is 5. The summed E-state index contributed by atoms with van der Waals surface area (Å²) in [4.78, 5) is 26.9. The van der Waals surface area contributed by atoms with Gasteiger partial charge in [0.2, 0.25) is 0 Å². The van der Waals surface area contributed by atoms with Gasteiger partial charge in [0.15, 0.2) is 5.69 Å². The number of aromatic carboxylic acids is 1. The Kier molecular flexibility index (Phi) is 3.79. The molecule has 0 aliphatic heterocycles. The molecule has 0 radical (unpaired) electrons. The lowest BCUT2D eigenvalue weighted by atomic mass is 10.2. The third-order valence-electron chi connectivity index (χ3n) is 2.82. The average molecular weight is 261 g/mol. The monoisotopic (exact) mass is 261 g/mol. The summed E-state index contributed by atoms with van der Waals surface area (Å²) in [6.45, 7) is 2.86. The third kappa shape index (κ3) is 2.73. The number of nitrogens with zero attached hydrogens (tertiary/aromatic N) is 3. The van der Waals surface area contributed by atoms with E-state index in [1.165, 1.54) is 10.8 Å². The molecule has 0 bridgehead atoms. The van der Waals surface area contributed by atoms with Gasteiger partial charge < -0.3 is 5.11 Å². The molecule has 6 nitrogen and oxygen atoms in total. The van der Waals surface area contributed by atoms with E-state index in [0.29, 0.717) is 12.1 Å². The van der Waals surface area contributed by atoms with Crippen LogP contribution in [0.25, 0.3) is 0 Å². The van der Waals surface area contributed by atoms with Crippen molar-refractivity contribution in [3.05, 3.63) is 52.5 Å². The zero-order chi connectivity index (χ0) is 13.8. The highest BCUT2D eigenvalue weighted by atomic mass is 16.4. The summed E-state index contributed by atoms with van der Waals surface area (Å²) in [6, 6.07) is 3.33. The highest BCUT2D eigenvalue weighted by Crippen LogP contribution is 2.07. The normalized spacial score (nSPS) is 10.6. The SMILES string of the molecule is CCCn1ccn(Cc2cccnc2C(=O)O)c1=O. The van der Waals surface area contributed by atoms with E-state index in [-0.39, 0.29) is 17.9 Å². The van der Waals surface area contributed by atoms with Gasteiger partial charge >= 0.3 is 11.7 Å². The maximum atomic E-state index is 12.0. The molecule has 19 heavy (non-hydrogen) atoms. The van der Waals surface area contributed by atoms with Gasteiger partial charge in [0, 0.05) is 30.7 Å². The maximum Gasteiger partial charge on any atom is 0.354 e. The summed E-state index contributed by atoms with van der Waals surface area (Å²) in [7, 11) is 0. The molecule has 0 aromatic carbocycles. The van der Waals surface area contributed by atoms with E-state index >= 15 is 0 Å². The van der Waals surface area contributed by atoms with Gasteiger partial charge in [0.05, 0.1) is 6.54 Å². The predicted molar refractivity (Wildman–Crippen MR) is 69.3 cm³/mol. The Labute approximate surface area is 109 Å². The van der Waals surface area contributed by atoms with Crippen LogP contribution in [0.2, 0.25) is 0 Å². The van der Waals surface area contributed by atoms with E-state index in [1.807, 2.05) is 6.92 Å². The van der Waals surface area contributed by atoms with Gasteiger partial charge in [-0.25, -0.2) is 14.6 Å². The number of carboxylic acids is 1. The summed E-state index contributed by atoms with van der Waals surface area (Å²) in [5.41, 5.74) is 0.367. The van der Waals surface area contributed by atoms with Gasteiger partial charge in [0.25, 0.3) is 0 Å². The molecule has 0 unspecified atom stereocenters. The summed E-state index contributed by atoms with van der Waals surface area (Å²) < 4.78 is 3.09. The number of hydrogen-bond acceptors (Lipinski definition) is 3. The van der Waals surface area contributed by atoms with Gasteiger partial charge in [-0.2, -0.15) is 0 Å². The number of pyridine rings is 1. The van der Waals surface area contributed by atoms with Crippen molar-refractivity contribution in [3.8, 4) is 0 Å². The van der Waals surface area contributed by atoms with Crippen LogP contribution in [0.15, 0.2) is 35.5 Å². The van der Waals surface area contributed by atoms with Gasteiger partial charge in [-0.3, -0.25) is 9.13 Å². The van der Waals surface area contributed by atoms with Crippen molar-refractivity contribution in [1.29, 1.82) is 0 Å². The van der Waals surface area contributed by atoms with Crippen molar-refractivity contribution in [2.45, 2.75) is 26.4 Å². The molecule has 0 atom stereocenters. The molecular formula is C13H15N3O3. The Morgan fingerprint density at radius 1 is 1.37 bits per heavy atom. The quantitative estimate of drug-likeness (QED) is 0.877. The molecule has 0 saturated heterocycles. The van der Waals surface area contributed by atoms with Crippen molar-refractivity contribution in [2.75, 3.05) is 0 Å². The number of imidazole rings is 1. The van der Waals surface area contributed by atoms with Crippen molar-refractivity contribution in [3.63, 3.8) is 0 Å². The maximum absolute atomic E-state index is 12.0. The van der Waals surface area contributed by atoms with Crippen LogP contribution in [0.4, 0.5) is 0 Å². The fourth-order valence-corrected chi connectivity index (χ4v) is 1.93. The molecule has 2 heterocycles. The lowest BCUT2D eigenvalue weighted by Crippen LogP contribution is -2.25. The first-order valence-electron chi connectivity index (χ1n) is 6.06. The molecule has 2 rings (SSSR count). The van der Waals surface area contributed by atoms with Crippen LogP contribution in [0, 0.1) is 0 Å². The lowest BCUT2D eigenvalue weighted by Gasteiger charge is -2.05. The molecule has 0 spiro atoms. The van der Waals surface area contributed by atoms with Gasteiger partial charge in [0.1, 0.15) is 0 Å². The Morgan fingerprint density at radius 2 is 2.11 bits per heavy atom. The first-order valence-corrected chi connectivity index (χ1v) is 6.06. The second-order valence-corrected chi connectivity index (χ2v) is 4.22. The van der Waals surface area contributed by atoms with Gasteiger partial charge in [-0.15, -0.1) is 0 Å². The molecule has 0 aliphatic carbocycles. The number of carboxylic acid groups (broad SMARTS) is 1. The largest absolute Gasteiger partial charge is 0.477 e. The minimum Gasteiger partial charge on any atom is -0.477 e. The summed E-state index contributed by atoms with van der Waals surface area (Å²) in [5, 5.41) is 9.05. The fraction of sp³-hybridized carbons (Fsp3) is 0.308. The molecule has 6 heteroatoms. The Bertz CT molecular complexity index is 643. The van der Waals surface area contributed by atoms with E-state index < -0.39 is 5.97 Å². The first kappa shape index (κ1) is 13.1. The number of aromatic nitrogens is 3. The van der Waals surface area contributed by atoms with Crippen LogP contribution in [0.1, 0.15) is 29.4 Å². The summed E-state index contributed by atoms with van der Waals surface area (Å²) in [6.07, 6.45) is 5.68. The van der Waals surface area contributed by atoms with Gasteiger partial charge in [-0.05, 0) is 12.5 Å². The minimum absolute atomic E-state index is 0.0161. The van der Waals surface area contributed by atoms with Gasteiger partial charge in [-0.1, -0.05) is 13.0 Å². The van der Waals surface area contributed by atoms with E-state index in [1.54, 1.807) is 29.1 Å².